The fraction of sp³-hybridized carbons (Fsp3) is 0.571. The molecule has 0 saturated heterocycles. The molecular formula is C14H23N3O3. The third-order valence-corrected chi connectivity index (χ3v) is 2.97. The third kappa shape index (κ3) is 5.14. The van der Waals surface area contributed by atoms with Gasteiger partial charge in [0.25, 0.3) is 5.69 Å². The molecule has 0 aromatic heterocycles. The van der Waals surface area contributed by atoms with Crippen molar-refractivity contribution in [3.63, 3.8) is 0 Å². The molecule has 0 aliphatic rings. The van der Waals surface area contributed by atoms with Gasteiger partial charge < -0.3 is 10.5 Å². The molecular weight excluding hydrogens is 258 g/mol. The maximum atomic E-state index is 10.8. The molecule has 6 nitrogen and oxygen atoms in total. The highest BCUT2D eigenvalue weighted by Gasteiger charge is 2.13. The minimum Gasteiger partial charge on any atom is -0.398 e. The summed E-state index contributed by atoms with van der Waals surface area (Å²) < 4.78 is 5.10. The second-order valence-corrected chi connectivity index (χ2v) is 5.26. The Morgan fingerprint density at radius 2 is 2.15 bits per heavy atom. The van der Waals surface area contributed by atoms with Crippen LogP contribution in [0.4, 0.5) is 11.4 Å². The number of hydrogen-bond donors (Lipinski definition) is 1. The van der Waals surface area contributed by atoms with E-state index in [-0.39, 0.29) is 5.69 Å². The topological polar surface area (TPSA) is 81.6 Å². The molecule has 6 heteroatoms. The monoisotopic (exact) mass is 281 g/mol. The SMILES string of the molecule is COCCN(Cc1cc([N+](=O)[O-])ccc1N)CC(C)C. The Labute approximate surface area is 119 Å². The highest BCUT2D eigenvalue weighted by Crippen LogP contribution is 2.21. The molecule has 0 heterocycles. The Morgan fingerprint density at radius 3 is 2.70 bits per heavy atom. The van der Waals surface area contributed by atoms with E-state index >= 15 is 0 Å². The standard InChI is InChI=1S/C14H23N3O3/c1-11(2)9-16(6-7-20-3)10-12-8-13(17(18)19)4-5-14(12)15/h4-5,8,11H,6-7,9-10,15H2,1-3H3. The number of rotatable bonds is 8. The van der Waals surface area contributed by atoms with Gasteiger partial charge in [0.15, 0.2) is 0 Å². The summed E-state index contributed by atoms with van der Waals surface area (Å²) in [7, 11) is 1.66. The number of methoxy groups -OCH3 is 1. The highest BCUT2D eigenvalue weighted by atomic mass is 16.6. The summed E-state index contributed by atoms with van der Waals surface area (Å²) in [4.78, 5) is 12.6. The van der Waals surface area contributed by atoms with E-state index in [1.54, 1.807) is 19.2 Å². The number of nitro benzene ring substituents is 1. The molecule has 1 aromatic carbocycles. The van der Waals surface area contributed by atoms with Gasteiger partial charge in [-0.1, -0.05) is 13.8 Å². The van der Waals surface area contributed by atoms with Gasteiger partial charge in [-0.15, -0.1) is 0 Å². The zero-order valence-corrected chi connectivity index (χ0v) is 12.3. The minimum atomic E-state index is -0.398. The molecule has 112 valence electrons. The Hall–Kier alpha value is -1.66. The molecule has 0 bridgehead atoms. The number of nitrogens with two attached hydrogens (primary N) is 1. The minimum absolute atomic E-state index is 0.0745. The first-order valence-electron chi connectivity index (χ1n) is 6.68. The van der Waals surface area contributed by atoms with Gasteiger partial charge in [-0.05, 0) is 17.5 Å². The smallest absolute Gasteiger partial charge is 0.269 e. The van der Waals surface area contributed by atoms with Crippen molar-refractivity contribution in [2.75, 3.05) is 32.5 Å². The van der Waals surface area contributed by atoms with Gasteiger partial charge in [0, 0.05) is 44.6 Å². The summed E-state index contributed by atoms with van der Waals surface area (Å²) in [5, 5.41) is 10.8. The lowest BCUT2D eigenvalue weighted by Gasteiger charge is -2.24. The highest BCUT2D eigenvalue weighted by molar-refractivity contribution is 5.52. The van der Waals surface area contributed by atoms with Crippen LogP contribution in [0.15, 0.2) is 18.2 Å². The lowest BCUT2D eigenvalue weighted by atomic mass is 10.1. The van der Waals surface area contributed by atoms with E-state index in [2.05, 4.69) is 18.7 Å². The molecule has 1 rings (SSSR count). The molecule has 20 heavy (non-hydrogen) atoms. The van der Waals surface area contributed by atoms with Crippen LogP contribution in [-0.2, 0) is 11.3 Å². The predicted molar refractivity (Wildman–Crippen MR) is 79.5 cm³/mol. The van der Waals surface area contributed by atoms with Crippen LogP contribution >= 0.6 is 0 Å². The molecule has 0 saturated carbocycles. The summed E-state index contributed by atoms with van der Waals surface area (Å²) in [6.45, 7) is 7.16. The Bertz CT molecular complexity index is 449. The van der Waals surface area contributed by atoms with Gasteiger partial charge >= 0.3 is 0 Å². The quantitative estimate of drug-likeness (QED) is 0.449. The van der Waals surface area contributed by atoms with Gasteiger partial charge in [-0.3, -0.25) is 15.0 Å². The Kier molecular flexibility index (Phi) is 6.41. The van der Waals surface area contributed by atoms with E-state index in [0.717, 1.165) is 18.7 Å². The molecule has 1 aromatic rings. The number of nitro groups is 1. The molecule has 0 aliphatic heterocycles. The number of nitrogen functional groups attached to an aromatic ring is 1. The lowest BCUT2D eigenvalue weighted by Crippen LogP contribution is -2.30. The van der Waals surface area contributed by atoms with Gasteiger partial charge in [0.2, 0.25) is 0 Å². The van der Waals surface area contributed by atoms with Crippen LogP contribution in [0, 0.1) is 16.0 Å². The van der Waals surface area contributed by atoms with Crippen LogP contribution in [0.5, 0.6) is 0 Å². The number of ether oxygens (including phenoxy) is 1. The van der Waals surface area contributed by atoms with Crippen molar-refractivity contribution in [1.82, 2.24) is 4.90 Å². The van der Waals surface area contributed by atoms with E-state index < -0.39 is 4.92 Å². The Morgan fingerprint density at radius 1 is 1.45 bits per heavy atom. The normalized spacial score (nSPS) is 11.2. The first-order chi connectivity index (χ1) is 9.43. The molecule has 0 spiro atoms. The van der Waals surface area contributed by atoms with E-state index in [1.807, 2.05) is 0 Å². The molecule has 0 atom stereocenters. The fourth-order valence-electron chi connectivity index (χ4n) is 2.06. The summed E-state index contributed by atoms with van der Waals surface area (Å²) in [5.41, 5.74) is 7.36. The van der Waals surface area contributed by atoms with Gasteiger partial charge in [-0.25, -0.2) is 0 Å². The molecule has 0 aliphatic carbocycles. The first kappa shape index (κ1) is 16.4. The van der Waals surface area contributed by atoms with Crippen LogP contribution in [0.3, 0.4) is 0 Å². The summed E-state index contributed by atoms with van der Waals surface area (Å²) in [6.07, 6.45) is 0. The van der Waals surface area contributed by atoms with Crippen LogP contribution in [0.25, 0.3) is 0 Å². The second kappa shape index (κ2) is 7.81. The molecule has 0 unspecified atom stereocenters. The van der Waals surface area contributed by atoms with Crippen molar-refractivity contribution < 1.29 is 9.66 Å². The second-order valence-electron chi connectivity index (χ2n) is 5.26. The lowest BCUT2D eigenvalue weighted by molar-refractivity contribution is -0.384. The maximum Gasteiger partial charge on any atom is 0.269 e. The number of anilines is 1. The van der Waals surface area contributed by atoms with E-state index in [0.29, 0.717) is 24.8 Å². The average molecular weight is 281 g/mol. The zero-order valence-electron chi connectivity index (χ0n) is 12.3. The molecule has 2 N–H and O–H groups in total. The van der Waals surface area contributed by atoms with Crippen LogP contribution in [0.1, 0.15) is 19.4 Å². The predicted octanol–water partition coefficient (Wildman–Crippen LogP) is 2.28. The number of nitrogens with zero attached hydrogens (tertiary/aromatic N) is 2. The summed E-state index contributed by atoms with van der Waals surface area (Å²) in [6, 6.07) is 4.58. The van der Waals surface area contributed by atoms with E-state index in [1.165, 1.54) is 6.07 Å². The fourth-order valence-corrected chi connectivity index (χ4v) is 2.06. The summed E-state index contributed by atoms with van der Waals surface area (Å²) >= 11 is 0. The van der Waals surface area contributed by atoms with E-state index in [4.69, 9.17) is 10.5 Å². The van der Waals surface area contributed by atoms with Crippen LogP contribution < -0.4 is 5.73 Å². The summed E-state index contributed by atoms with van der Waals surface area (Å²) in [5.74, 6) is 0.506. The van der Waals surface area contributed by atoms with Crippen molar-refractivity contribution in [1.29, 1.82) is 0 Å². The van der Waals surface area contributed by atoms with Crippen molar-refractivity contribution >= 4 is 11.4 Å². The third-order valence-electron chi connectivity index (χ3n) is 2.97. The van der Waals surface area contributed by atoms with Crippen molar-refractivity contribution in [2.45, 2.75) is 20.4 Å². The number of hydrogen-bond acceptors (Lipinski definition) is 5. The van der Waals surface area contributed by atoms with Gasteiger partial charge in [0.05, 0.1) is 11.5 Å². The molecule has 0 amide bonds. The van der Waals surface area contributed by atoms with Crippen molar-refractivity contribution in [3.8, 4) is 0 Å². The molecule has 0 fully saturated rings. The maximum absolute atomic E-state index is 10.8. The average Bonchev–Trinajstić information content (AvgIpc) is 2.37. The number of non-ortho nitro benzene ring substituents is 1. The van der Waals surface area contributed by atoms with Crippen LogP contribution in [-0.4, -0.2) is 36.6 Å². The van der Waals surface area contributed by atoms with Crippen molar-refractivity contribution in [3.05, 3.63) is 33.9 Å². The van der Waals surface area contributed by atoms with E-state index in [9.17, 15) is 10.1 Å². The first-order valence-corrected chi connectivity index (χ1v) is 6.68. The van der Waals surface area contributed by atoms with Gasteiger partial charge in [-0.2, -0.15) is 0 Å². The molecule has 0 radical (unpaired) electrons. The number of benzene rings is 1. The van der Waals surface area contributed by atoms with Gasteiger partial charge in [0.1, 0.15) is 0 Å². The van der Waals surface area contributed by atoms with Crippen LogP contribution in [0.2, 0.25) is 0 Å². The largest absolute Gasteiger partial charge is 0.398 e. The van der Waals surface area contributed by atoms with Crippen molar-refractivity contribution in [2.24, 2.45) is 5.92 Å². The zero-order chi connectivity index (χ0) is 15.1. The Balaban J connectivity index is 2.85.